The molecule has 0 saturated heterocycles. The minimum absolute atomic E-state index is 0.235. The van der Waals surface area contributed by atoms with Crippen LogP contribution in [0.4, 0.5) is 22.0 Å². The largest absolute Gasteiger partial charge is 0.507 e. The lowest BCUT2D eigenvalue weighted by Crippen LogP contribution is -2.09. The van der Waals surface area contributed by atoms with E-state index in [0.717, 1.165) is 6.92 Å². The van der Waals surface area contributed by atoms with Crippen LogP contribution in [0.5, 0.6) is 5.75 Å². The summed E-state index contributed by atoms with van der Waals surface area (Å²) in [5.74, 6) is -2.25. The van der Waals surface area contributed by atoms with Crippen molar-refractivity contribution in [3.8, 4) is 5.75 Å². The molecule has 0 bridgehead atoms. The summed E-state index contributed by atoms with van der Waals surface area (Å²) >= 11 is 0. The van der Waals surface area contributed by atoms with Gasteiger partial charge in [-0.15, -0.1) is 0 Å². The van der Waals surface area contributed by atoms with Gasteiger partial charge in [-0.2, -0.15) is 13.2 Å². The smallest absolute Gasteiger partial charge is 0.419 e. The van der Waals surface area contributed by atoms with Crippen LogP contribution >= 0.6 is 0 Å². The van der Waals surface area contributed by atoms with E-state index in [1.54, 1.807) is 0 Å². The molecule has 0 amide bonds. The maximum absolute atomic E-state index is 12.5. The van der Waals surface area contributed by atoms with E-state index < -0.39 is 40.8 Å². The van der Waals surface area contributed by atoms with Crippen molar-refractivity contribution < 1.29 is 31.9 Å². The van der Waals surface area contributed by atoms with Crippen LogP contribution in [0.1, 0.15) is 34.8 Å². The molecule has 0 spiro atoms. The molecule has 94 valence electrons. The molecule has 1 aromatic carbocycles. The standard InChI is InChI=1S/C10H7F5O2/c1-4(16)5-2-7(10(13,14)15)8(17)3-6(5)9(11)12/h2-3,9,17H,1H3. The first kappa shape index (κ1) is 13.4. The molecule has 0 unspecified atom stereocenters. The van der Waals surface area contributed by atoms with E-state index in [9.17, 15) is 26.7 Å². The molecule has 0 saturated carbocycles. The maximum atomic E-state index is 12.5. The number of carbonyl (C=O) groups is 1. The quantitative estimate of drug-likeness (QED) is 0.647. The minimum Gasteiger partial charge on any atom is -0.507 e. The summed E-state index contributed by atoms with van der Waals surface area (Å²) in [6.07, 6.45) is -8.04. The van der Waals surface area contributed by atoms with Crippen molar-refractivity contribution in [1.29, 1.82) is 0 Å². The topological polar surface area (TPSA) is 37.3 Å². The summed E-state index contributed by atoms with van der Waals surface area (Å²) in [5.41, 5.74) is -3.17. The van der Waals surface area contributed by atoms with Gasteiger partial charge in [0.25, 0.3) is 6.43 Å². The number of halogens is 5. The van der Waals surface area contributed by atoms with Crippen LogP contribution < -0.4 is 0 Å². The normalized spacial score (nSPS) is 11.9. The number of benzene rings is 1. The molecule has 1 aromatic rings. The molecule has 0 aliphatic carbocycles. The highest BCUT2D eigenvalue weighted by Crippen LogP contribution is 2.39. The summed E-state index contributed by atoms with van der Waals surface area (Å²) < 4.78 is 62.0. The number of aromatic hydroxyl groups is 1. The van der Waals surface area contributed by atoms with Gasteiger partial charge in [0.2, 0.25) is 0 Å². The number of carbonyl (C=O) groups excluding carboxylic acids is 1. The highest BCUT2D eigenvalue weighted by Gasteiger charge is 2.35. The molecule has 7 heteroatoms. The molecule has 1 rings (SSSR count). The van der Waals surface area contributed by atoms with Gasteiger partial charge in [-0.3, -0.25) is 4.79 Å². The van der Waals surface area contributed by atoms with Crippen molar-refractivity contribution >= 4 is 5.78 Å². The van der Waals surface area contributed by atoms with E-state index in [1.807, 2.05) is 0 Å². The second-order valence-electron chi connectivity index (χ2n) is 3.31. The van der Waals surface area contributed by atoms with Gasteiger partial charge < -0.3 is 5.11 Å². The molecule has 17 heavy (non-hydrogen) atoms. The van der Waals surface area contributed by atoms with Crippen LogP contribution in [0.3, 0.4) is 0 Å². The van der Waals surface area contributed by atoms with Crippen LogP contribution in [0.25, 0.3) is 0 Å². The Labute approximate surface area is 92.7 Å². The summed E-state index contributed by atoms with van der Waals surface area (Å²) in [6.45, 7) is 0.873. The van der Waals surface area contributed by atoms with Crippen LogP contribution in [0.2, 0.25) is 0 Å². The number of hydrogen-bond acceptors (Lipinski definition) is 2. The number of phenolic OH excluding ortho intramolecular Hbond substituents is 1. The first-order chi connectivity index (χ1) is 7.64. The average Bonchev–Trinajstić information content (AvgIpc) is 2.14. The first-order valence-corrected chi connectivity index (χ1v) is 4.37. The Bertz CT molecular complexity index is 451. The van der Waals surface area contributed by atoms with Crippen LogP contribution in [0.15, 0.2) is 12.1 Å². The van der Waals surface area contributed by atoms with Gasteiger partial charge in [0.1, 0.15) is 5.75 Å². The van der Waals surface area contributed by atoms with Crippen molar-refractivity contribution in [3.05, 3.63) is 28.8 Å². The Morgan fingerprint density at radius 3 is 2.18 bits per heavy atom. The summed E-state index contributed by atoms with van der Waals surface area (Å²) in [6, 6.07) is 0.503. The lowest BCUT2D eigenvalue weighted by Gasteiger charge is -2.13. The van der Waals surface area contributed by atoms with Gasteiger partial charge in [-0.25, -0.2) is 8.78 Å². The fourth-order valence-corrected chi connectivity index (χ4v) is 1.32. The monoisotopic (exact) mass is 254 g/mol. The molecule has 0 aliphatic rings. The highest BCUT2D eigenvalue weighted by atomic mass is 19.4. The van der Waals surface area contributed by atoms with Crippen molar-refractivity contribution in [2.45, 2.75) is 19.5 Å². The minimum atomic E-state index is -4.91. The number of ketones is 1. The Morgan fingerprint density at radius 1 is 1.29 bits per heavy atom. The number of hydrogen-bond donors (Lipinski definition) is 1. The molecular weight excluding hydrogens is 247 g/mol. The molecule has 2 nitrogen and oxygen atoms in total. The summed E-state index contributed by atoms with van der Waals surface area (Å²) in [5, 5.41) is 9.02. The molecule has 0 aromatic heterocycles. The van der Waals surface area contributed by atoms with Gasteiger partial charge in [0, 0.05) is 11.1 Å². The lowest BCUT2D eigenvalue weighted by atomic mass is 10.00. The van der Waals surface area contributed by atoms with Gasteiger partial charge in [-0.1, -0.05) is 0 Å². The van der Waals surface area contributed by atoms with Crippen LogP contribution in [-0.4, -0.2) is 10.9 Å². The fraction of sp³-hybridized carbons (Fsp3) is 0.300. The third-order valence-electron chi connectivity index (χ3n) is 2.09. The van der Waals surface area contributed by atoms with E-state index >= 15 is 0 Å². The third kappa shape index (κ3) is 2.72. The molecule has 0 radical (unpaired) electrons. The second kappa shape index (κ2) is 4.31. The Kier molecular flexibility index (Phi) is 3.40. The zero-order valence-corrected chi connectivity index (χ0v) is 8.48. The van der Waals surface area contributed by atoms with Gasteiger partial charge in [-0.05, 0) is 19.1 Å². The SMILES string of the molecule is CC(=O)c1cc(C(F)(F)F)c(O)cc1C(F)F. The number of Topliss-reactive ketones (excluding diaryl/α,β-unsaturated/α-hetero) is 1. The number of rotatable bonds is 2. The number of phenols is 1. The van der Waals surface area contributed by atoms with Gasteiger partial charge in [0.15, 0.2) is 5.78 Å². The van der Waals surface area contributed by atoms with Crippen LogP contribution in [-0.2, 0) is 6.18 Å². The molecule has 0 atom stereocenters. The molecular formula is C10H7F5O2. The molecule has 1 N–H and O–H groups in total. The number of alkyl halides is 5. The molecule has 0 heterocycles. The fourth-order valence-electron chi connectivity index (χ4n) is 1.32. The highest BCUT2D eigenvalue weighted by molar-refractivity contribution is 5.96. The van der Waals surface area contributed by atoms with Crippen molar-refractivity contribution in [2.24, 2.45) is 0 Å². The lowest BCUT2D eigenvalue weighted by molar-refractivity contribution is -0.138. The van der Waals surface area contributed by atoms with E-state index in [1.165, 1.54) is 0 Å². The van der Waals surface area contributed by atoms with E-state index in [4.69, 9.17) is 5.11 Å². The van der Waals surface area contributed by atoms with Crippen molar-refractivity contribution in [1.82, 2.24) is 0 Å². The van der Waals surface area contributed by atoms with E-state index in [0.29, 0.717) is 0 Å². The van der Waals surface area contributed by atoms with Crippen molar-refractivity contribution in [3.63, 3.8) is 0 Å². The van der Waals surface area contributed by atoms with Gasteiger partial charge in [0.05, 0.1) is 5.56 Å². The summed E-state index contributed by atoms with van der Waals surface area (Å²) in [4.78, 5) is 11.0. The zero-order chi connectivity index (χ0) is 13.4. The zero-order valence-electron chi connectivity index (χ0n) is 8.48. The molecule has 0 fully saturated rings. The van der Waals surface area contributed by atoms with Gasteiger partial charge >= 0.3 is 6.18 Å². The van der Waals surface area contributed by atoms with E-state index in [-0.39, 0.29) is 12.1 Å². The Morgan fingerprint density at radius 2 is 1.82 bits per heavy atom. The first-order valence-electron chi connectivity index (χ1n) is 4.37. The molecule has 0 aliphatic heterocycles. The summed E-state index contributed by atoms with van der Waals surface area (Å²) in [7, 11) is 0. The van der Waals surface area contributed by atoms with Crippen molar-refractivity contribution in [2.75, 3.05) is 0 Å². The predicted molar refractivity (Wildman–Crippen MR) is 48.1 cm³/mol. The Hall–Kier alpha value is -1.66. The second-order valence-corrected chi connectivity index (χ2v) is 3.31. The third-order valence-corrected chi connectivity index (χ3v) is 2.09. The average molecular weight is 254 g/mol. The maximum Gasteiger partial charge on any atom is 0.419 e. The van der Waals surface area contributed by atoms with Crippen LogP contribution in [0, 0.1) is 0 Å². The predicted octanol–water partition coefficient (Wildman–Crippen LogP) is 3.55. The Balaban J connectivity index is 3.51. The van der Waals surface area contributed by atoms with E-state index in [2.05, 4.69) is 0 Å².